The van der Waals surface area contributed by atoms with E-state index in [1.807, 2.05) is 67.7 Å². The molecular weight excluding hydrogens is 596 g/mol. The zero-order chi connectivity index (χ0) is 32.9. The standard InChI is InChI=1S/C34H40N10O3/c1-22(2)18-28-32-36-23(3)40-43(32)17-16-42(34(47)30-21-44(41-39-30)25-10-5-4-6-11-25)15-9-14-31(45)37-29(33(46)38-28)19-24-20-35-27-13-8-7-12-26(24)27/h4-8,10-13,20-22,28-29,35H,9,14-19H2,1-3H3,(H,37,45)(H,38,46)/t28-,29+/m0/s1. The summed E-state index contributed by atoms with van der Waals surface area (Å²) in [5, 5.41) is 20.2. The van der Waals surface area contributed by atoms with Gasteiger partial charge in [-0.15, -0.1) is 5.10 Å². The van der Waals surface area contributed by atoms with Crippen LogP contribution in [0.3, 0.4) is 0 Å². The van der Waals surface area contributed by atoms with E-state index < -0.39 is 12.1 Å². The number of aromatic amines is 1. The van der Waals surface area contributed by atoms with Gasteiger partial charge >= 0.3 is 0 Å². The first-order valence-corrected chi connectivity index (χ1v) is 16.1. The predicted molar refractivity (Wildman–Crippen MR) is 176 cm³/mol. The first-order chi connectivity index (χ1) is 22.7. The molecule has 0 aliphatic carbocycles. The number of rotatable bonds is 6. The van der Waals surface area contributed by atoms with Crippen LogP contribution in [-0.2, 0) is 22.6 Å². The van der Waals surface area contributed by atoms with E-state index in [1.54, 1.807) is 20.5 Å². The fourth-order valence-corrected chi connectivity index (χ4v) is 6.05. The first kappa shape index (κ1) is 31.6. The molecule has 0 bridgehead atoms. The average molecular weight is 637 g/mol. The van der Waals surface area contributed by atoms with E-state index in [9.17, 15) is 14.4 Å². The molecule has 13 heteroatoms. The van der Waals surface area contributed by atoms with Gasteiger partial charge in [-0.05, 0) is 49.4 Å². The van der Waals surface area contributed by atoms with Crippen molar-refractivity contribution in [2.45, 2.75) is 65.1 Å². The zero-order valence-electron chi connectivity index (χ0n) is 26.9. The molecule has 2 atom stereocenters. The van der Waals surface area contributed by atoms with Crippen LogP contribution < -0.4 is 10.6 Å². The van der Waals surface area contributed by atoms with Crippen LogP contribution in [0.25, 0.3) is 16.6 Å². The van der Waals surface area contributed by atoms with Gasteiger partial charge in [0.1, 0.15) is 17.7 Å². The van der Waals surface area contributed by atoms with Crippen LogP contribution in [-0.4, -0.2) is 76.5 Å². The normalized spacial score (nSPS) is 18.1. The molecule has 4 heterocycles. The SMILES string of the molecule is Cc1nc2n(n1)CCN(C(=O)c1cn(-c3ccccc3)nn1)CCCC(=O)N[C@H](Cc1c[nH]c3ccccc13)C(=O)N[C@H]2CC(C)C. The van der Waals surface area contributed by atoms with Crippen molar-refractivity contribution in [2.75, 3.05) is 13.1 Å². The first-order valence-electron chi connectivity index (χ1n) is 16.1. The van der Waals surface area contributed by atoms with Crippen molar-refractivity contribution in [3.8, 4) is 5.69 Å². The summed E-state index contributed by atoms with van der Waals surface area (Å²) in [6.45, 7) is 6.94. The van der Waals surface area contributed by atoms with Crippen molar-refractivity contribution in [1.82, 2.24) is 50.3 Å². The highest BCUT2D eigenvalue weighted by Gasteiger charge is 2.30. The van der Waals surface area contributed by atoms with Crippen molar-refractivity contribution in [3.63, 3.8) is 0 Å². The van der Waals surface area contributed by atoms with E-state index in [0.29, 0.717) is 50.5 Å². The van der Waals surface area contributed by atoms with Crippen molar-refractivity contribution in [2.24, 2.45) is 5.92 Å². The third kappa shape index (κ3) is 7.40. The monoisotopic (exact) mass is 636 g/mol. The zero-order valence-corrected chi connectivity index (χ0v) is 26.9. The number of aryl methyl sites for hydroxylation is 1. The molecule has 0 unspecified atom stereocenters. The summed E-state index contributed by atoms with van der Waals surface area (Å²) >= 11 is 0. The second-order valence-electron chi connectivity index (χ2n) is 12.4. The largest absolute Gasteiger partial charge is 0.361 e. The van der Waals surface area contributed by atoms with Gasteiger partial charge in [-0.1, -0.05) is 55.5 Å². The highest BCUT2D eigenvalue weighted by atomic mass is 16.2. The van der Waals surface area contributed by atoms with E-state index in [2.05, 4.69) is 44.9 Å². The number of carbonyl (C=O) groups excluding carboxylic acids is 3. The second-order valence-corrected chi connectivity index (χ2v) is 12.4. The molecule has 0 saturated heterocycles. The molecule has 244 valence electrons. The lowest BCUT2D eigenvalue weighted by Crippen LogP contribution is -2.49. The van der Waals surface area contributed by atoms with Gasteiger partial charge in [0.15, 0.2) is 5.69 Å². The van der Waals surface area contributed by atoms with Crippen LogP contribution in [0, 0.1) is 12.8 Å². The van der Waals surface area contributed by atoms with Crippen LogP contribution in [0.15, 0.2) is 67.0 Å². The predicted octanol–water partition coefficient (Wildman–Crippen LogP) is 3.52. The molecular formula is C34H40N10O3. The Morgan fingerprint density at radius 1 is 0.979 bits per heavy atom. The molecule has 1 aliphatic heterocycles. The number of aromatic nitrogens is 7. The van der Waals surface area contributed by atoms with Crippen LogP contribution in [0.2, 0.25) is 0 Å². The summed E-state index contributed by atoms with van der Waals surface area (Å²) < 4.78 is 3.35. The molecule has 3 aromatic heterocycles. The lowest BCUT2D eigenvalue weighted by Gasteiger charge is -2.27. The number of nitrogens with zero attached hydrogens (tertiary/aromatic N) is 7. The summed E-state index contributed by atoms with van der Waals surface area (Å²) in [5.41, 5.74) is 2.89. The molecule has 0 saturated carbocycles. The Balaban J connectivity index is 1.29. The highest BCUT2D eigenvalue weighted by molar-refractivity contribution is 5.92. The second kappa shape index (κ2) is 14.0. The van der Waals surface area contributed by atoms with E-state index in [4.69, 9.17) is 4.98 Å². The third-order valence-corrected chi connectivity index (χ3v) is 8.33. The lowest BCUT2D eigenvalue weighted by atomic mass is 10.0. The van der Waals surface area contributed by atoms with Crippen LogP contribution >= 0.6 is 0 Å². The van der Waals surface area contributed by atoms with E-state index in [0.717, 1.165) is 22.2 Å². The molecule has 6 rings (SSSR count). The molecule has 47 heavy (non-hydrogen) atoms. The van der Waals surface area contributed by atoms with E-state index >= 15 is 0 Å². The van der Waals surface area contributed by atoms with E-state index in [-0.39, 0.29) is 35.8 Å². The maximum Gasteiger partial charge on any atom is 0.276 e. The minimum atomic E-state index is -0.817. The van der Waals surface area contributed by atoms with Gasteiger partial charge in [-0.25, -0.2) is 14.3 Å². The highest BCUT2D eigenvalue weighted by Crippen LogP contribution is 2.23. The molecule has 0 fully saturated rings. The Morgan fingerprint density at radius 2 is 1.77 bits per heavy atom. The van der Waals surface area contributed by atoms with Crippen molar-refractivity contribution in [1.29, 1.82) is 0 Å². The minimum Gasteiger partial charge on any atom is -0.361 e. The van der Waals surface area contributed by atoms with Gasteiger partial charge < -0.3 is 20.5 Å². The maximum absolute atomic E-state index is 13.9. The summed E-state index contributed by atoms with van der Waals surface area (Å²) in [7, 11) is 0. The number of hydrogen-bond donors (Lipinski definition) is 3. The summed E-state index contributed by atoms with van der Waals surface area (Å²) in [6.07, 6.45) is 4.96. The van der Waals surface area contributed by atoms with Gasteiger partial charge in [0.05, 0.1) is 24.5 Å². The number of fused-ring (bicyclic) bond motifs is 2. The molecule has 13 nitrogen and oxygen atoms in total. The maximum atomic E-state index is 13.9. The molecule has 3 N–H and O–H groups in total. The number of benzene rings is 2. The summed E-state index contributed by atoms with van der Waals surface area (Å²) in [5.74, 6) is 0.584. The number of hydrogen-bond acceptors (Lipinski definition) is 7. The number of para-hydroxylation sites is 2. The topological polar surface area (TPSA) is 156 Å². The number of nitrogens with one attached hydrogen (secondary N) is 3. The molecule has 0 radical (unpaired) electrons. The Kier molecular flexibility index (Phi) is 9.41. The molecule has 3 amide bonds. The van der Waals surface area contributed by atoms with Gasteiger partial charge in [0.2, 0.25) is 11.8 Å². The van der Waals surface area contributed by atoms with Gasteiger partial charge in [-0.3, -0.25) is 14.4 Å². The van der Waals surface area contributed by atoms with Crippen molar-refractivity contribution >= 4 is 28.6 Å². The fraction of sp³-hybridized carbons (Fsp3) is 0.382. The minimum absolute atomic E-state index is 0.140. The fourth-order valence-electron chi connectivity index (χ4n) is 6.05. The summed E-state index contributed by atoms with van der Waals surface area (Å²) in [4.78, 5) is 50.7. The molecule has 5 aromatic rings. The van der Waals surface area contributed by atoms with E-state index in [1.165, 1.54) is 0 Å². The number of amides is 3. The summed E-state index contributed by atoms with van der Waals surface area (Å²) in [6, 6.07) is 16.1. The lowest BCUT2D eigenvalue weighted by molar-refractivity contribution is -0.129. The third-order valence-electron chi connectivity index (χ3n) is 8.33. The van der Waals surface area contributed by atoms with Gasteiger partial charge in [-0.2, -0.15) is 5.10 Å². The van der Waals surface area contributed by atoms with Gasteiger partial charge in [0, 0.05) is 43.0 Å². The van der Waals surface area contributed by atoms with Crippen LogP contribution in [0.1, 0.15) is 66.9 Å². The molecule has 1 aliphatic rings. The smallest absolute Gasteiger partial charge is 0.276 e. The Labute approximate surface area is 272 Å². The van der Waals surface area contributed by atoms with Gasteiger partial charge in [0.25, 0.3) is 5.91 Å². The Hall–Kier alpha value is -5.33. The molecule has 2 aromatic carbocycles. The average Bonchev–Trinajstić information content (AvgIpc) is 3.80. The number of H-pyrrole nitrogens is 1. The Morgan fingerprint density at radius 3 is 2.57 bits per heavy atom. The Bertz CT molecular complexity index is 1860. The van der Waals surface area contributed by atoms with Crippen molar-refractivity contribution < 1.29 is 14.4 Å². The van der Waals surface area contributed by atoms with Crippen LogP contribution in [0.5, 0.6) is 0 Å². The van der Waals surface area contributed by atoms with Crippen LogP contribution in [0.4, 0.5) is 0 Å². The number of carbonyl (C=O) groups is 3. The molecule has 0 spiro atoms. The quantitative estimate of drug-likeness (QED) is 0.258. The van der Waals surface area contributed by atoms with Crippen molar-refractivity contribution in [3.05, 3.63) is 89.9 Å².